The summed E-state index contributed by atoms with van der Waals surface area (Å²) in [6.07, 6.45) is 10.2. The molecule has 0 fully saturated rings. The van der Waals surface area contributed by atoms with E-state index in [1.807, 2.05) is 45.2 Å². The number of anilines is 4. The molecule has 0 amide bonds. The van der Waals surface area contributed by atoms with Gasteiger partial charge < -0.3 is 10.6 Å². The Morgan fingerprint density at radius 1 is 0.865 bits per heavy atom. The van der Waals surface area contributed by atoms with Crippen LogP contribution in [0.2, 0.25) is 0 Å². The molecule has 37 heavy (non-hydrogen) atoms. The minimum absolute atomic E-state index is 0.673. The fraction of sp³-hybridized carbons (Fsp3) is 0.130. The number of nitrogens with zero attached hydrogens (tertiary/aromatic N) is 8. The highest BCUT2D eigenvalue weighted by molar-refractivity contribution is 7.16. The number of rotatable bonds is 6. The second-order valence-corrected chi connectivity index (χ2v) is 9.70. The van der Waals surface area contributed by atoms with E-state index in [1.54, 1.807) is 42.3 Å². The third-order valence-electron chi connectivity index (χ3n) is 4.99. The van der Waals surface area contributed by atoms with Crippen molar-refractivity contribution in [3.05, 3.63) is 71.6 Å². The van der Waals surface area contributed by atoms with Gasteiger partial charge in [-0.25, -0.2) is 15.0 Å². The summed E-state index contributed by atoms with van der Waals surface area (Å²) in [6.45, 7) is 5.92. The van der Waals surface area contributed by atoms with Gasteiger partial charge in [0, 0.05) is 52.0 Å². The first-order valence-corrected chi connectivity index (χ1v) is 12.7. The van der Waals surface area contributed by atoms with Gasteiger partial charge in [0.25, 0.3) is 0 Å². The highest BCUT2D eigenvalue weighted by Crippen LogP contribution is 2.31. The van der Waals surface area contributed by atoms with Crippen LogP contribution in [0.5, 0.6) is 0 Å². The standard InChI is InChI=1S/C12H12N6S.C11H10N6S/c1-7-4-3-5-10(14-7)15-12-16-11(18-19-12)9-6-13-17-8(9)2;1-7-10(8-4-14-15-5-8)17-11(18-7)16-9-6-12-2-3-13-9/h3-6H,1-2H3,(H,13,17)(H,14,15,16,18);2-6H,1H3,(H,14,15)(H,13,16,17). The van der Waals surface area contributed by atoms with Gasteiger partial charge in [-0.3, -0.25) is 15.2 Å². The number of hydrogen-bond donors (Lipinski definition) is 4. The number of aromatic amines is 2. The van der Waals surface area contributed by atoms with Crippen LogP contribution >= 0.6 is 22.9 Å². The van der Waals surface area contributed by atoms with Crippen LogP contribution in [0.4, 0.5) is 21.9 Å². The minimum atomic E-state index is 0.673. The van der Waals surface area contributed by atoms with Gasteiger partial charge in [-0.2, -0.15) is 19.6 Å². The highest BCUT2D eigenvalue weighted by atomic mass is 32.1. The van der Waals surface area contributed by atoms with Crippen molar-refractivity contribution < 1.29 is 0 Å². The van der Waals surface area contributed by atoms with Crippen molar-refractivity contribution in [3.63, 3.8) is 0 Å². The van der Waals surface area contributed by atoms with Crippen molar-refractivity contribution in [3.8, 4) is 22.6 Å². The maximum atomic E-state index is 4.53. The van der Waals surface area contributed by atoms with Gasteiger partial charge in [0.05, 0.1) is 29.8 Å². The maximum Gasteiger partial charge on any atom is 0.208 e. The van der Waals surface area contributed by atoms with E-state index in [9.17, 15) is 0 Å². The van der Waals surface area contributed by atoms with E-state index in [0.29, 0.717) is 16.8 Å². The molecule has 0 aromatic carbocycles. The Morgan fingerprint density at radius 2 is 1.76 bits per heavy atom. The zero-order valence-corrected chi connectivity index (χ0v) is 21.7. The summed E-state index contributed by atoms with van der Waals surface area (Å²) in [7, 11) is 0. The average molecular weight is 531 g/mol. The van der Waals surface area contributed by atoms with Gasteiger partial charge in [-0.05, 0) is 32.9 Å². The van der Waals surface area contributed by atoms with Crippen molar-refractivity contribution in [2.45, 2.75) is 20.8 Å². The molecule has 6 heterocycles. The SMILES string of the molecule is Cc1cccc(Nc2nc(-c3cn[nH]c3C)ns2)n1.Cc1sc(Nc2cnccn2)nc1-c1cn[nH]c1. The summed E-state index contributed by atoms with van der Waals surface area (Å²) >= 11 is 2.88. The first kappa shape index (κ1) is 24.1. The smallest absolute Gasteiger partial charge is 0.208 e. The number of H-pyrrole nitrogens is 2. The third-order valence-corrected chi connectivity index (χ3v) is 6.50. The predicted molar refractivity (Wildman–Crippen MR) is 144 cm³/mol. The van der Waals surface area contributed by atoms with E-state index < -0.39 is 0 Å². The molecule has 0 saturated carbocycles. The Labute approximate surface area is 219 Å². The molecule has 0 unspecified atom stereocenters. The zero-order chi connectivity index (χ0) is 25.6. The molecule has 0 radical (unpaired) electrons. The van der Waals surface area contributed by atoms with Crippen molar-refractivity contribution in [2.24, 2.45) is 0 Å². The quantitative estimate of drug-likeness (QED) is 0.229. The molecule has 4 N–H and O–H groups in total. The number of pyridine rings is 1. The van der Waals surface area contributed by atoms with Crippen molar-refractivity contribution in [2.75, 3.05) is 10.6 Å². The van der Waals surface area contributed by atoms with Crippen LogP contribution in [-0.2, 0) is 0 Å². The molecule has 6 aromatic rings. The Morgan fingerprint density at radius 3 is 2.49 bits per heavy atom. The van der Waals surface area contributed by atoms with Crippen molar-refractivity contribution >= 4 is 44.8 Å². The van der Waals surface area contributed by atoms with Gasteiger partial charge in [0.15, 0.2) is 16.8 Å². The molecule has 12 nitrogen and oxygen atoms in total. The van der Waals surface area contributed by atoms with Gasteiger partial charge in [-0.1, -0.05) is 6.07 Å². The fourth-order valence-electron chi connectivity index (χ4n) is 3.25. The van der Waals surface area contributed by atoms with Crippen LogP contribution in [0.15, 0.2) is 55.4 Å². The lowest BCUT2D eigenvalue weighted by molar-refractivity contribution is 1.05. The van der Waals surface area contributed by atoms with E-state index in [4.69, 9.17) is 0 Å². The summed E-state index contributed by atoms with van der Waals surface area (Å²) < 4.78 is 4.32. The van der Waals surface area contributed by atoms with E-state index >= 15 is 0 Å². The van der Waals surface area contributed by atoms with E-state index in [2.05, 4.69) is 60.3 Å². The van der Waals surface area contributed by atoms with Crippen LogP contribution in [0.1, 0.15) is 16.3 Å². The molecule has 6 rings (SSSR count). The predicted octanol–water partition coefficient (Wildman–Crippen LogP) is 5.06. The Balaban J connectivity index is 0.000000152. The lowest BCUT2D eigenvalue weighted by Crippen LogP contribution is -1.93. The molecule has 0 aliphatic rings. The van der Waals surface area contributed by atoms with E-state index in [0.717, 1.165) is 44.0 Å². The molecule has 186 valence electrons. The van der Waals surface area contributed by atoms with Gasteiger partial charge in [-0.15, -0.1) is 11.3 Å². The molecule has 0 spiro atoms. The number of hydrogen-bond acceptors (Lipinski definition) is 12. The molecule has 0 atom stereocenters. The third kappa shape index (κ3) is 5.99. The van der Waals surface area contributed by atoms with Crippen LogP contribution in [0.25, 0.3) is 22.6 Å². The molecule has 6 aromatic heterocycles. The largest absolute Gasteiger partial charge is 0.315 e. The summed E-state index contributed by atoms with van der Waals surface area (Å²) in [5, 5.41) is 21.4. The molecular formula is C23H22N12S2. The van der Waals surface area contributed by atoms with E-state index in [-0.39, 0.29) is 0 Å². The molecular weight excluding hydrogens is 508 g/mol. The molecule has 0 aliphatic carbocycles. The topological polar surface area (TPSA) is 159 Å². The lowest BCUT2D eigenvalue weighted by atomic mass is 10.2. The number of aryl methyl sites for hydroxylation is 3. The normalized spacial score (nSPS) is 10.6. The Hall–Kier alpha value is -4.56. The van der Waals surface area contributed by atoms with Gasteiger partial charge in [0.1, 0.15) is 5.82 Å². The van der Waals surface area contributed by atoms with Crippen LogP contribution in [0, 0.1) is 20.8 Å². The average Bonchev–Trinajstić information content (AvgIpc) is 3.69. The van der Waals surface area contributed by atoms with Crippen LogP contribution in [-0.4, -0.2) is 49.7 Å². The van der Waals surface area contributed by atoms with Crippen molar-refractivity contribution in [1.82, 2.24) is 49.7 Å². The maximum absolute atomic E-state index is 4.53. The summed E-state index contributed by atoms with van der Waals surface area (Å²) in [5.74, 6) is 2.13. The van der Waals surface area contributed by atoms with Gasteiger partial charge in [0.2, 0.25) is 5.13 Å². The molecule has 0 bridgehead atoms. The van der Waals surface area contributed by atoms with Gasteiger partial charge >= 0.3 is 0 Å². The van der Waals surface area contributed by atoms with Crippen LogP contribution in [0.3, 0.4) is 0 Å². The second-order valence-electron chi connectivity index (χ2n) is 7.75. The van der Waals surface area contributed by atoms with Crippen LogP contribution < -0.4 is 10.6 Å². The number of thiazole rings is 1. The lowest BCUT2D eigenvalue weighted by Gasteiger charge is -2.00. The first-order valence-electron chi connectivity index (χ1n) is 11.1. The zero-order valence-electron chi connectivity index (χ0n) is 20.1. The Bertz CT molecular complexity index is 1570. The van der Waals surface area contributed by atoms with E-state index in [1.165, 1.54) is 11.5 Å². The van der Waals surface area contributed by atoms with Crippen molar-refractivity contribution in [1.29, 1.82) is 0 Å². The first-order chi connectivity index (χ1) is 18.0. The highest BCUT2D eigenvalue weighted by Gasteiger charge is 2.12. The minimum Gasteiger partial charge on any atom is -0.315 e. The Kier molecular flexibility index (Phi) is 7.19. The molecule has 14 heteroatoms. The summed E-state index contributed by atoms with van der Waals surface area (Å²) in [6, 6.07) is 5.80. The monoisotopic (exact) mass is 530 g/mol. The number of nitrogens with one attached hydrogen (secondary N) is 4. The summed E-state index contributed by atoms with van der Waals surface area (Å²) in [5.41, 5.74) is 4.75. The number of aromatic nitrogens is 10. The fourth-order valence-corrected chi connectivity index (χ4v) is 4.69. The summed E-state index contributed by atoms with van der Waals surface area (Å²) in [4.78, 5) is 22.6. The second kappa shape index (κ2) is 11.0. The molecule has 0 aliphatic heterocycles. The molecule has 0 saturated heterocycles.